The molecule has 0 bridgehead atoms. The number of ether oxygens (including phenoxy) is 2. The molecule has 1 rings (SSSR count). The summed E-state index contributed by atoms with van der Waals surface area (Å²) in [5, 5.41) is 53.9. The average Bonchev–Trinajstić information content (AvgIpc) is 3.11. The summed E-state index contributed by atoms with van der Waals surface area (Å²) in [5.41, 5.74) is 0. The minimum atomic E-state index is -1.57. The number of aliphatic hydroxyl groups excluding tert-OH is 5. The molecule has 0 radical (unpaired) electrons. The van der Waals surface area contributed by atoms with E-state index in [-0.39, 0.29) is 12.5 Å². The second-order valence-electron chi connectivity index (χ2n) is 14.1. The van der Waals surface area contributed by atoms with Gasteiger partial charge in [-0.25, -0.2) is 0 Å². The molecule has 0 spiro atoms. The Morgan fingerprint density at radius 3 is 1.72 bits per heavy atom. The molecule has 50 heavy (non-hydrogen) atoms. The molecule has 7 unspecified atom stereocenters. The minimum Gasteiger partial charge on any atom is -0.394 e. The van der Waals surface area contributed by atoms with E-state index in [1.165, 1.54) is 83.5 Å². The highest BCUT2D eigenvalue weighted by atomic mass is 16.7. The smallest absolute Gasteiger partial charge is 0.220 e. The Balaban J connectivity index is 2.44. The largest absolute Gasteiger partial charge is 0.394 e. The van der Waals surface area contributed by atoms with Gasteiger partial charge in [0.15, 0.2) is 6.29 Å². The second-order valence-corrected chi connectivity index (χ2v) is 14.1. The van der Waals surface area contributed by atoms with Gasteiger partial charge in [0, 0.05) is 6.42 Å². The van der Waals surface area contributed by atoms with E-state index in [1.54, 1.807) is 6.08 Å². The zero-order valence-electron chi connectivity index (χ0n) is 31.6. The van der Waals surface area contributed by atoms with Crippen LogP contribution < -0.4 is 5.32 Å². The summed E-state index contributed by atoms with van der Waals surface area (Å²) in [5.74, 6) is -0.192. The molecule has 9 nitrogen and oxygen atoms in total. The van der Waals surface area contributed by atoms with Gasteiger partial charge in [0.2, 0.25) is 5.91 Å². The SMILES string of the molecule is CCCCC/C=C\C=C/CCCCCCCCC(=O)NC(COC1OC(CO)C(O)C(O)C1O)C(O)/C=C/CCCCCCCCCCCC. The Morgan fingerprint density at radius 2 is 1.16 bits per heavy atom. The number of carbonyl (C=O) groups excluding carboxylic acids is 1. The summed E-state index contributed by atoms with van der Waals surface area (Å²) in [6.07, 6.45) is 30.3. The van der Waals surface area contributed by atoms with Crippen molar-refractivity contribution in [2.45, 2.75) is 204 Å². The highest BCUT2D eigenvalue weighted by Gasteiger charge is 2.44. The molecule has 1 amide bonds. The topological polar surface area (TPSA) is 149 Å². The Bertz CT molecular complexity index is 879. The third-order valence-corrected chi connectivity index (χ3v) is 9.49. The van der Waals surface area contributed by atoms with Gasteiger partial charge in [-0.15, -0.1) is 0 Å². The first kappa shape index (κ1) is 46.4. The van der Waals surface area contributed by atoms with Crippen LogP contribution in [0.15, 0.2) is 36.5 Å². The van der Waals surface area contributed by atoms with Crippen LogP contribution in [0.3, 0.4) is 0 Å². The third kappa shape index (κ3) is 23.1. The number of allylic oxidation sites excluding steroid dienone is 5. The fourth-order valence-corrected chi connectivity index (χ4v) is 6.14. The molecular formula is C41H75NO8. The quantitative estimate of drug-likeness (QED) is 0.0242. The lowest BCUT2D eigenvalue weighted by molar-refractivity contribution is -0.302. The number of hydrogen-bond acceptors (Lipinski definition) is 8. The Morgan fingerprint density at radius 1 is 0.680 bits per heavy atom. The van der Waals surface area contributed by atoms with Gasteiger partial charge in [-0.1, -0.05) is 147 Å². The molecule has 0 saturated carbocycles. The first-order valence-electron chi connectivity index (χ1n) is 20.2. The van der Waals surface area contributed by atoms with Gasteiger partial charge in [-0.2, -0.15) is 0 Å². The number of nitrogens with one attached hydrogen (secondary N) is 1. The Kier molecular flexibility index (Phi) is 29.8. The molecule has 9 heteroatoms. The van der Waals surface area contributed by atoms with Crippen LogP contribution >= 0.6 is 0 Å². The standard InChI is InChI=1S/C41H75NO8/c1-3-5-7-9-11-13-15-17-18-19-21-23-25-27-29-31-37(45)42-34(33-49-41-40(48)39(47)38(46)36(32-43)50-41)35(44)30-28-26-24-22-20-16-14-12-10-8-6-4-2/h11,13,15,17,28,30,34-36,38-41,43-44,46-48H,3-10,12,14,16,18-27,29,31-33H2,1-2H3,(H,42,45)/b13-11-,17-15-,30-28+. The van der Waals surface area contributed by atoms with Crippen LogP contribution in [-0.4, -0.2) is 87.5 Å². The van der Waals surface area contributed by atoms with E-state index in [0.717, 1.165) is 57.8 Å². The molecule has 1 heterocycles. The predicted molar refractivity (Wildman–Crippen MR) is 203 cm³/mol. The predicted octanol–water partition coefficient (Wildman–Crippen LogP) is 7.33. The first-order chi connectivity index (χ1) is 24.3. The summed E-state index contributed by atoms with van der Waals surface area (Å²) in [7, 11) is 0. The van der Waals surface area contributed by atoms with Crippen molar-refractivity contribution in [2.75, 3.05) is 13.2 Å². The molecule has 1 aliphatic rings. The fourth-order valence-electron chi connectivity index (χ4n) is 6.14. The summed E-state index contributed by atoms with van der Waals surface area (Å²) in [6, 6.07) is -0.807. The van der Waals surface area contributed by atoms with Crippen molar-refractivity contribution in [3.8, 4) is 0 Å². The van der Waals surface area contributed by atoms with Crippen LogP contribution in [0.4, 0.5) is 0 Å². The van der Waals surface area contributed by atoms with Crippen LogP contribution in [0.25, 0.3) is 0 Å². The maximum absolute atomic E-state index is 12.9. The van der Waals surface area contributed by atoms with E-state index >= 15 is 0 Å². The Labute approximate surface area is 304 Å². The van der Waals surface area contributed by atoms with E-state index in [1.807, 2.05) is 6.08 Å². The lowest BCUT2D eigenvalue weighted by Crippen LogP contribution is -2.60. The van der Waals surface area contributed by atoms with Crippen LogP contribution in [0.2, 0.25) is 0 Å². The van der Waals surface area contributed by atoms with Crippen LogP contribution in [-0.2, 0) is 14.3 Å². The van der Waals surface area contributed by atoms with E-state index in [4.69, 9.17) is 9.47 Å². The summed E-state index contributed by atoms with van der Waals surface area (Å²) in [4.78, 5) is 12.9. The number of rotatable bonds is 32. The second kappa shape index (κ2) is 32.1. The molecule has 6 N–H and O–H groups in total. The van der Waals surface area contributed by atoms with Gasteiger partial charge in [0.1, 0.15) is 24.4 Å². The highest BCUT2D eigenvalue weighted by Crippen LogP contribution is 2.22. The molecule has 0 aromatic rings. The average molecular weight is 710 g/mol. The van der Waals surface area contributed by atoms with Crippen LogP contribution in [0.5, 0.6) is 0 Å². The first-order valence-corrected chi connectivity index (χ1v) is 20.2. The number of aliphatic hydroxyl groups is 5. The van der Waals surface area contributed by atoms with Crippen molar-refractivity contribution in [3.63, 3.8) is 0 Å². The number of amides is 1. The summed E-state index contributed by atoms with van der Waals surface area (Å²) < 4.78 is 11.2. The molecule has 1 saturated heterocycles. The van der Waals surface area contributed by atoms with E-state index in [2.05, 4.69) is 43.5 Å². The summed E-state index contributed by atoms with van der Waals surface area (Å²) >= 11 is 0. The maximum atomic E-state index is 12.9. The molecule has 1 aliphatic heterocycles. The van der Waals surface area contributed by atoms with E-state index in [0.29, 0.717) is 6.42 Å². The normalized spacial score (nSPS) is 22.6. The molecule has 7 atom stereocenters. The molecule has 1 fully saturated rings. The van der Waals surface area contributed by atoms with Crippen molar-refractivity contribution >= 4 is 5.91 Å². The van der Waals surface area contributed by atoms with E-state index < -0.39 is 49.5 Å². The zero-order valence-corrected chi connectivity index (χ0v) is 31.6. The van der Waals surface area contributed by atoms with Crippen LogP contribution in [0, 0.1) is 0 Å². The van der Waals surface area contributed by atoms with E-state index in [9.17, 15) is 30.3 Å². The van der Waals surface area contributed by atoms with Crippen molar-refractivity contribution in [1.29, 1.82) is 0 Å². The van der Waals surface area contributed by atoms with Gasteiger partial charge in [-0.05, 0) is 44.9 Å². The molecule has 292 valence electrons. The van der Waals surface area contributed by atoms with Gasteiger partial charge < -0.3 is 40.3 Å². The lowest BCUT2D eigenvalue weighted by Gasteiger charge is -2.40. The van der Waals surface area contributed by atoms with Crippen molar-refractivity contribution in [1.82, 2.24) is 5.32 Å². The molecule has 0 aromatic carbocycles. The maximum Gasteiger partial charge on any atom is 0.220 e. The van der Waals surface area contributed by atoms with Crippen molar-refractivity contribution < 1.29 is 39.8 Å². The number of hydrogen-bond donors (Lipinski definition) is 6. The Hall–Kier alpha value is -1.59. The van der Waals surface area contributed by atoms with Gasteiger partial charge >= 0.3 is 0 Å². The highest BCUT2D eigenvalue weighted by molar-refractivity contribution is 5.76. The summed E-state index contributed by atoms with van der Waals surface area (Å²) in [6.45, 7) is 3.70. The van der Waals surface area contributed by atoms with Gasteiger partial charge in [0.05, 0.1) is 25.4 Å². The molecular weight excluding hydrogens is 634 g/mol. The van der Waals surface area contributed by atoms with Crippen molar-refractivity contribution in [3.05, 3.63) is 36.5 Å². The molecule has 0 aromatic heterocycles. The fraction of sp³-hybridized carbons (Fsp3) is 0.829. The van der Waals surface area contributed by atoms with Gasteiger partial charge in [0.25, 0.3) is 0 Å². The van der Waals surface area contributed by atoms with Crippen molar-refractivity contribution in [2.24, 2.45) is 0 Å². The number of carbonyl (C=O) groups is 1. The monoisotopic (exact) mass is 710 g/mol. The minimum absolute atomic E-state index is 0.192. The molecule has 0 aliphatic carbocycles. The zero-order chi connectivity index (χ0) is 36.7. The third-order valence-electron chi connectivity index (χ3n) is 9.49. The van der Waals surface area contributed by atoms with Crippen LogP contribution in [0.1, 0.15) is 162 Å². The number of unbranched alkanes of at least 4 members (excludes halogenated alkanes) is 19. The van der Waals surface area contributed by atoms with Gasteiger partial charge in [-0.3, -0.25) is 4.79 Å². The lowest BCUT2D eigenvalue weighted by atomic mass is 9.99.